The number of hydrogen-bond donors (Lipinski definition) is 2. The molecule has 256 valence electrons. The molecule has 2 aromatic carbocycles. The molecule has 2 amide bonds. The maximum Gasteiger partial charge on any atom is 0.277 e. The number of halogens is 2. The van der Waals surface area contributed by atoms with Gasteiger partial charge in [0.05, 0.1) is 30.1 Å². The molecule has 0 saturated heterocycles. The predicted molar refractivity (Wildman–Crippen MR) is 176 cm³/mol. The molecular formula is C35H42F2N6O5. The molecule has 1 aliphatic heterocycles. The summed E-state index contributed by atoms with van der Waals surface area (Å²) in [7, 11) is 5.09. The summed E-state index contributed by atoms with van der Waals surface area (Å²) >= 11 is 0. The molecule has 1 spiro atoms. The summed E-state index contributed by atoms with van der Waals surface area (Å²) in [6.07, 6.45) is 3.86. The van der Waals surface area contributed by atoms with E-state index in [-0.39, 0.29) is 30.2 Å². The van der Waals surface area contributed by atoms with Gasteiger partial charge in [0.1, 0.15) is 24.3 Å². The lowest BCUT2D eigenvalue weighted by molar-refractivity contribution is -0.162. The van der Waals surface area contributed by atoms with Gasteiger partial charge < -0.3 is 24.8 Å². The van der Waals surface area contributed by atoms with Crippen LogP contribution < -0.4 is 10.1 Å². The Balaban J connectivity index is 1.42. The number of ether oxygens (including phenoxy) is 2. The van der Waals surface area contributed by atoms with Crippen LogP contribution in [-0.4, -0.2) is 94.9 Å². The summed E-state index contributed by atoms with van der Waals surface area (Å²) in [5, 5.41) is 17.2. The molecule has 2 N–H and O–H groups in total. The number of nitrogens with zero attached hydrogens (tertiary/aromatic N) is 5. The molecule has 11 nitrogen and oxygen atoms in total. The van der Waals surface area contributed by atoms with Crippen LogP contribution in [0.1, 0.15) is 42.5 Å². The van der Waals surface area contributed by atoms with Gasteiger partial charge >= 0.3 is 0 Å². The summed E-state index contributed by atoms with van der Waals surface area (Å²) in [5.74, 6) is -4.56. The number of benzene rings is 2. The summed E-state index contributed by atoms with van der Waals surface area (Å²) in [5.41, 5.74) is 1.62. The third-order valence-electron chi connectivity index (χ3n) is 9.12. The number of carbonyl (C=O) groups excluding carboxylic acids is 2. The van der Waals surface area contributed by atoms with Crippen molar-refractivity contribution in [1.82, 2.24) is 24.9 Å². The largest absolute Gasteiger partial charge is 0.509 e. The van der Waals surface area contributed by atoms with Gasteiger partial charge in [-0.2, -0.15) is 4.39 Å². The Morgan fingerprint density at radius 1 is 1.06 bits per heavy atom. The van der Waals surface area contributed by atoms with Gasteiger partial charge in [-0.05, 0) is 58.0 Å². The van der Waals surface area contributed by atoms with E-state index in [1.807, 2.05) is 37.9 Å². The van der Waals surface area contributed by atoms with E-state index in [0.717, 1.165) is 24.1 Å². The molecule has 1 fully saturated rings. The Hall–Kier alpha value is -4.46. The van der Waals surface area contributed by atoms with Crippen molar-refractivity contribution in [3.63, 3.8) is 0 Å². The number of aromatic nitrogens is 2. The fourth-order valence-electron chi connectivity index (χ4n) is 6.29. The summed E-state index contributed by atoms with van der Waals surface area (Å²) in [4.78, 5) is 38.4. The lowest BCUT2D eigenvalue weighted by Gasteiger charge is -2.48. The standard InChI is InChI=1S/C35H42F2N6O5/c1-22-8-10-26(25(18-22)27-19-23(2)38-21-39-27)40-33(45)29-32(44)35(12-6-7-13-35)42(4)43(34(29)46)20-24-9-11-28(31(37)30(24)36)48-17-15-41(3)14-16-47-5/h8-11,18-19,21,44H,6-7,12-17,20H2,1-5H3,(H,40,45). The van der Waals surface area contributed by atoms with E-state index in [1.54, 1.807) is 31.3 Å². The van der Waals surface area contributed by atoms with Gasteiger partial charge in [-0.25, -0.2) is 19.4 Å². The molecule has 2 aliphatic rings. The first kappa shape index (κ1) is 34.9. The minimum Gasteiger partial charge on any atom is -0.509 e. The van der Waals surface area contributed by atoms with Gasteiger partial charge in [-0.15, -0.1) is 0 Å². The molecule has 0 bridgehead atoms. The number of methoxy groups -OCH3 is 1. The zero-order chi connectivity index (χ0) is 34.6. The Morgan fingerprint density at radius 3 is 2.50 bits per heavy atom. The number of anilines is 1. The summed E-state index contributed by atoms with van der Waals surface area (Å²) in [6.45, 7) is 5.16. The molecule has 0 unspecified atom stereocenters. The van der Waals surface area contributed by atoms with Crippen LogP contribution in [0.4, 0.5) is 14.5 Å². The van der Waals surface area contributed by atoms with Crippen LogP contribution in [0.2, 0.25) is 0 Å². The van der Waals surface area contributed by atoms with Crippen molar-refractivity contribution in [2.45, 2.75) is 51.6 Å². The molecule has 0 atom stereocenters. The van der Waals surface area contributed by atoms with Crippen molar-refractivity contribution in [2.75, 3.05) is 52.8 Å². The molecule has 1 aliphatic carbocycles. The minimum absolute atomic E-state index is 0.105. The fraction of sp³-hybridized carbons (Fsp3) is 0.429. The van der Waals surface area contributed by atoms with E-state index in [9.17, 15) is 14.7 Å². The van der Waals surface area contributed by atoms with Crippen LogP contribution in [0.15, 0.2) is 54.1 Å². The van der Waals surface area contributed by atoms with Gasteiger partial charge in [-0.3, -0.25) is 14.6 Å². The van der Waals surface area contributed by atoms with Crippen LogP contribution in [0.25, 0.3) is 11.3 Å². The van der Waals surface area contributed by atoms with Crippen molar-refractivity contribution in [1.29, 1.82) is 0 Å². The molecule has 48 heavy (non-hydrogen) atoms. The van der Waals surface area contributed by atoms with Crippen molar-refractivity contribution in [2.24, 2.45) is 0 Å². The van der Waals surface area contributed by atoms with Crippen LogP contribution in [0.3, 0.4) is 0 Å². The summed E-state index contributed by atoms with van der Waals surface area (Å²) in [6, 6.07) is 9.86. The highest BCUT2D eigenvalue weighted by Crippen LogP contribution is 2.45. The smallest absolute Gasteiger partial charge is 0.277 e. The summed E-state index contributed by atoms with van der Waals surface area (Å²) < 4.78 is 41.3. The monoisotopic (exact) mass is 664 g/mol. The second-order valence-corrected chi connectivity index (χ2v) is 12.4. The normalized spacial score (nSPS) is 16.3. The van der Waals surface area contributed by atoms with E-state index in [4.69, 9.17) is 9.47 Å². The Morgan fingerprint density at radius 2 is 1.79 bits per heavy atom. The number of hydrogen-bond acceptors (Lipinski definition) is 9. The predicted octanol–water partition coefficient (Wildman–Crippen LogP) is 4.95. The number of aliphatic hydroxyl groups excluding tert-OH is 1. The molecule has 0 radical (unpaired) electrons. The van der Waals surface area contributed by atoms with Crippen molar-refractivity contribution in [3.05, 3.63) is 82.5 Å². The zero-order valence-corrected chi connectivity index (χ0v) is 28.0. The van der Waals surface area contributed by atoms with Crippen molar-refractivity contribution < 1.29 is 33.0 Å². The third-order valence-corrected chi connectivity index (χ3v) is 9.12. The van der Waals surface area contributed by atoms with Crippen LogP contribution in [-0.2, 0) is 20.9 Å². The average molecular weight is 665 g/mol. The highest BCUT2D eigenvalue weighted by Gasteiger charge is 2.53. The van der Waals surface area contributed by atoms with Gasteiger partial charge in [-0.1, -0.05) is 30.5 Å². The van der Waals surface area contributed by atoms with Gasteiger partial charge in [0.15, 0.2) is 11.6 Å². The Kier molecular flexibility index (Phi) is 10.7. The Labute approximate surface area is 279 Å². The number of amides is 2. The highest BCUT2D eigenvalue weighted by molar-refractivity contribution is 6.24. The van der Waals surface area contributed by atoms with Crippen LogP contribution in [0, 0.1) is 25.5 Å². The first-order valence-electron chi connectivity index (χ1n) is 15.9. The second kappa shape index (κ2) is 14.8. The zero-order valence-electron chi connectivity index (χ0n) is 28.0. The molecule has 1 aromatic heterocycles. The first-order chi connectivity index (χ1) is 23.0. The number of carbonyl (C=O) groups is 2. The maximum atomic E-state index is 15.5. The second-order valence-electron chi connectivity index (χ2n) is 12.4. The number of aryl methyl sites for hydroxylation is 2. The average Bonchev–Trinajstić information content (AvgIpc) is 3.56. The first-order valence-corrected chi connectivity index (χ1v) is 15.9. The van der Waals surface area contributed by atoms with Gasteiger partial charge in [0.25, 0.3) is 11.8 Å². The lowest BCUT2D eigenvalue weighted by atomic mass is 9.88. The van der Waals surface area contributed by atoms with E-state index in [0.29, 0.717) is 49.5 Å². The molecule has 2 heterocycles. The number of aliphatic hydroxyl groups is 1. The number of nitrogens with one attached hydrogen (secondary N) is 1. The molecular weight excluding hydrogens is 622 g/mol. The highest BCUT2D eigenvalue weighted by atomic mass is 19.2. The number of rotatable bonds is 12. The number of hydrazine groups is 1. The minimum atomic E-state index is -1.17. The fourth-order valence-corrected chi connectivity index (χ4v) is 6.29. The van der Waals surface area contributed by atoms with E-state index < -0.39 is 34.6 Å². The van der Waals surface area contributed by atoms with Crippen LogP contribution >= 0.6 is 0 Å². The van der Waals surface area contributed by atoms with Crippen molar-refractivity contribution in [3.8, 4) is 17.0 Å². The molecule has 1 saturated carbocycles. The van der Waals surface area contributed by atoms with E-state index >= 15 is 8.78 Å². The third kappa shape index (κ3) is 7.03. The van der Waals surface area contributed by atoms with Crippen LogP contribution in [0.5, 0.6) is 5.75 Å². The Bertz CT molecular complexity index is 1710. The topological polar surface area (TPSA) is 120 Å². The van der Waals surface area contributed by atoms with Gasteiger partial charge in [0, 0.05) is 44.1 Å². The molecule has 13 heteroatoms. The van der Waals surface area contributed by atoms with Gasteiger partial charge in [0.2, 0.25) is 5.82 Å². The quantitative estimate of drug-likeness (QED) is 0.259. The van der Waals surface area contributed by atoms with E-state index in [1.165, 1.54) is 23.5 Å². The van der Waals surface area contributed by atoms with Crippen molar-refractivity contribution >= 4 is 17.5 Å². The SMILES string of the molecule is COCCN(C)CCOc1ccc(CN2C(=O)C(C(=O)Nc3ccc(C)cc3-c3cc(C)ncn3)=C(O)C3(CCCC3)N2C)c(F)c1F. The molecule has 5 rings (SSSR count). The lowest BCUT2D eigenvalue weighted by Crippen LogP contribution is -2.62. The number of likely N-dealkylation sites (N-methyl/N-ethyl adjacent to an activating group) is 2. The maximum absolute atomic E-state index is 15.5. The molecule has 3 aromatic rings. The van der Waals surface area contributed by atoms with E-state index in [2.05, 4.69) is 15.3 Å².